The van der Waals surface area contributed by atoms with Gasteiger partial charge in [-0.1, -0.05) is 29.8 Å². The molecule has 1 saturated heterocycles. The highest BCUT2D eigenvalue weighted by Gasteiger charge is 2.25. The van der Waals surface area contributed by atoms with Crippen LogP contribution in [0.2, 0.25) is 5.02 Å². The summed E-state index contributed by atoms with van der Waals surface area (Å²) in [5.74, 6) is -0.274. The summed E-state index contributed by atoms with van der Waals surface area (Å²) in [7, 11) is 0. The van der Waals surface area contributed by atoms with Crippen LogP contribution in [-0.2, 0) is 17.8 Å². The Bertz CT molecular complexity index is 1190. The summed E-state index contributed by atoms with van der Waals surface area (Å²) in [5, 5.41) is 4.42. The van der Waals surface area contributed by atoms with Gasteiger partial charge in [0.15, 0.2) is 0 Å². The second-order valence-corrected chi connectivity index (χ2v) is 8.78. The monoisotopic (exact) mass is 456 g/mol. The van der Waals surface area contributed by atoms with E-state index < -0.39 is 0 Å². The first-order chi connectivity index (χ1) is 15.4. The number of fused-ring (bicyclic) bond motifs is 1. The fourth-order valence-electron chi connectivity index (χ4n) is 4.24. The van der Waals surface area contributed by atoms with Crippen molar-refractivity contribution in [3.8, 4) is 0 Å². The van der Waals surface area contributed by atoms with E-state index in [0.717, 1.165) is 42.4 Å². The molecule has 0 saturated carbocycles. The highest BCUT2D eigenvalue weighted by atomic mass is 35.5. The Balaban J connectivity index is 1.32. The Morgan fingerprint density at radius 3 is 2.69 bits per heavy atom. The number of benzene rings is 2. The Morgan fingerprint density at radius 2 is 1.94 bits per heavy atom. The molecule has 2 heterocycles. The fraction of sp³-hybridized carbons (Fsp3) is 0.360. The molecule has 1 aliphatic rings. The van der Waals surface area contributed by atoms with Crippen LogP contribution in [0.5, 0.6) is 0 Å². The van der Waals surface area contributed by atoms with Gasteiger partial charge in [0, 0.05) is 35.5 Å². The molecule has 2 aromatic carbocycles. The number of carbonyl (C=O) groups is 1. The second-order valence-electron chi connectivity index (χ2n) is 8.37. The van der Waals surface area contributed by atoms with E-state index in [2.05, 4.69) is 10.2 Å². The third kappa shape index (κ3) is 5.19. The summed E-state index contributed by atoms with van der Waals surface area (Å²) in [4.78, 5) is 26.8. The number of piperidine rings is 1. The highest BCUT2D eigenvalue weighted by molar-refractivity contribution is 6.32. The van der Waals surface area contributed by atoms with E-state index in [-0.39, 0.29) is 23.3 Å². The third-order valence-electron chi connectivity index (χ3n) is 6.11. The number of carbonyl (C=O) groups excluding carboxylic acids is 1. The maximum absolute atomic E-state index is 13.7. The van der Waals surface area contributed by atoms with E-state index in [1.54, 1.807) is 24.3 Å². The molecule has 0 unspecified atom stereocenters. The zero-order valence-electron chi connectivity index (χ0n) is 18.0. The molecule has 1 amide bonds. The summed E-state index contributed by atoms with van der Waals surface area (Å²) in [6.07, 6.45) is 1.96. The molecule has 1 aliphatic heterocycles. The van der Waals surface area contributed by atoms with E-state index >= 15 is 0 Å². The maximum Gasteiger partial charge on any atom is 0.336 e. The van der Waals surface area contributed by atoms with Crippen molar-refractivity contribution < 1.29 is 13.6 Å². The third-order valence-corrected chi connectivity index (χ3v) is 6.52. The number of halogens is 2. The minimum atomic E-state index is -0.377. The number of likely N-dealkylation sites (tertiary alicyclic amines) is 1. The minimum absolute atomic E-state index is 0.0223. The van der Waals surface area contributed by atoms with Crippen molar-refractivity contribution in [2.75, 3.05) is 19.6 Å². The van der Waals surface area contributed by atoms with E-state index in [0.29, 0.717) is 35.7 Å². The molecule has 0 bridgehead atoms. The molecule has 4 rings (SSSR count). The summed E-state index contributed by atoms with van der Waals surface area (Å²) in [6, 6.07) is 11.8. The predicted octanol–water partition coefficient (Wildman–Crippen LogP) is 4.46. The van der Waals surface area contributed by atoms with Crippen LogP contribution in [0.1, 0.15) is 29.5 Å². The molecule has 3 aromatic rings. The zero-order valence-corrected chi connectivity index (χ0v) is 18.8. The average molecular weight is 457 g/mol. The standard InChI is InChI=1S/C25H26ClFN2O3/c1-16-12-23-20(14-21(16)26)19(13-24(30)32-23)15-29-10-7-18(8-11-29)25(31)28-9-6-17-4-2-3-5-22(17)27/h2-5,12-14,18H,6-11,15H2,1H3,(H,28,31). The second kappa shape index (κ2) is 9.84. The van der Waals surface area contributed by atoms with Gasteiger partial charge in [-0.05, 0) is 74.2 Å². The van der Waals surface area contributed by atoms with Crippen molar-refractivity contribution in [1.29, 1.82) is 0 Å². The lowest BCUT2D eigenvalue weighted by molar-refractivity contribution is -0.126. The Labute approximate surface area is 191 Å². The van der Waals surface area contributed by atoms with Gasteiger partial charge in [0.25, 0.3) is 0 Å². The number of hydrogen-bond acceptors (Lipinski definition) is 4. The van der Waals surface area contributed by atoms with Crippen LogP contribution in [-0.4, -0.2) is 30.4 Å². The van der Waals surface area contributed by atoms with Gasteiger partial charge in [0.05, 0.1) is 0 Å². The van der Waals surface area contributed by atoms with Gasteiger partial charge in [-0.25, -0.2) is 9.18 Å². The molecular formula is C25H26ClFN2O3. The van der Waals surface area contributed by atoms with Gasteiger partial charge in [0.1, 0.15) is 11.4 Å². The highest BCUT2D eigenvalue weighted by Crippen LogP contribution is 2.27. The lowest BCUT2D eigenvalue weighted by Gasteiger charge is -2.31. The molecule has 32 heavy (non-hydrogen) atoms. The van der Waals surface area contributed by atoms with Crippen molar-refractivity contribution in [1.82, 2.24) is 10.2 Å². The summed E-state index contributed by atoms with van der Waals surface area (Å²) in [6.45, 7) is 4.41. The molecule has 0 atom stereocenters. The van der Waals surface area contributed by atoms with E-state index in [1.807, 2.05) is 13.0 Å². The Kier molecular flexibility index (Phi) is 6.92. The molecule has 0 aliphatic carbocycles. The largest absolute Gasteiger partial charge is 0.423 e. The first kappa shape index (κ1) is 22.5. The summed E-state index contributed by atoms with van der Waals surface area (Å²) in [5.41, 5.74) is 2.52. The molecule has 1 N–H and O–H groups in total. The smallest absolute Gasteiger partial charge is 0.336 e. The molecule has 1 aromatic heterocycles. The molecule has 0 spiro atoms. The van der Waals surface area contributed by atoms with Crippen molar-refractivity contribution in [3.63, 3.8) is 0 Å². The molecule has 5 nitrogen and oxygen atoms in total. The van der Waals surface area contributed by atoms with Gasteiger partial charge in [-0.3, -0.25) is 9.69 Å². The Morgan fingerprint density at radius 1 is 1.19 bits per heavy atom. The van der Waals surface area contributed by atoms with Crippen molar-refractivity contribution >= 4 is 28.5 Å². The van der Waals surface area contributed by atoms with Crippen molar-refractivity contribution in [3.05, 3.63) is 80.4 Å². The van der Waals surface area contributed by atoms with Gasteiger partial charge < -0.3 is 9.73 Å². The van der Waals surface area contributed by atoms with Crippen LogP contribution in [0, 0.1) is 18.7 Å². The van der Waals surface area contributed by atoms with Crippen LogP contribution in [0.25, 0.3) is 11.0 Å². The number of amides is 1. The maximum atomic E-state index is 13.7. The summed E-state index contributed by atoms with van der Waals surface area (Å²) < 4.78 is 19.0. The number of nitrogens with one attached hydrogen (secondary N) is 1. The summed E-state index contributed by atoms with van der Waals surface area (Å²) >= 11 is 6.29. The topological polar surface area (TPSA) is 62.6 Å². The lowest BCUT2D eigenvalue weighted by atomic mass is 9.95. The van der Waals surface area contributed by atoms with Crippen LogP contribution in [0.4, 0.5) is 4.39 Å². The zero-order chi connectivity index (χ0) is 22.7. The molecule has 168 valence electrons. The number of hydrogen-bond donors (Lipinski definition) is 1. The van der Waals surface area contributed by atoms with Gasteiger partial charge in [-0.15, -0.1) is 0 Å². The van der Waals surface area contributed by atoms with Crippen LogP contribution in [0.15, 0.2) is 51.7 Å². The first-order valence-electron chi connectivity index (χ1n) is 10.9. The van der Waals surface area contributed by atoms with E-state index in [1.165, 1.54) is 12.1 Å². The van der Waals surface area contributed by atoms with Crippen LogP contribution >= 0.6 is 11.6 Å². The molecule has 0 radical (unpaired) electrons. The van der Waals surface area contributed by atoms with Gasteiger partial charge in [0.2, 0.25) is 5.91 Å². The molecule has 1 fully saturated rings. The van der Waals surface area contributed by atoms with E-state index in [4.69, 9.17) is 16.0 Å². The normalized spacial score (nSPS) is 15.2. The van der Waals surface area contributed by atoms with Gasteiger partial charge in [-0.2, -0.15) is 0 Å². The van der Waals surface area contributed by atoms with Crippen molar-refractivity contribution in [2.24, 2.45) is 5.92 Å². The van der Waals surface area contributed by atoms with Crippen molar-refractivity contribution in [2.45, 2.75) is 32.7 Å². The molecular weight excluding hydrogens is 431 g/mol. The average Bonchev–Trinajstić information content (AvgIpc) is 2.77. The van der Waals surface area contributed by atoms with Crippen LogP contribution in [0.3, 0.4) is 0 Å². The van der Waals surface area contributed by atoms with Crippen LogP contribution < -0.4 is 10.9 Å². The van der Waals surface area contributed by atoms with E-state index in [9.17, 15) is 14.0 Å². The number of nitrogens with zero attached hydrogens (tertiary/aromatic N) is 1. The minimum Gasteiger partial charge on any atom is -0.423 e. The SMILES string of the molecule is Cc1cc2oc(=O)cc(CN3CCC(C(=O)NCCc4ccccc4F)CC3)c2cc1Cl. The molecule has 7 heteroatoms. The Hall–Kier alpha value is -2.70. The number of aryl methyl sites for hydroxylation is 1. The van der Waals surface area contributed by atoms with Gasteiger partial charge >= 0.3 is 5.63 Å². The lowest BCUT2D eigenvalue weighted by Crippen LogP contribution is -2.40. The first-order valence-corrected chi connectivity index (χ1v) is 11.2. The predicted molar refractivity (Wildman–Crippen MR) is 123 cm³/mol. The quantitative estimate of drug-likeness (QED) is 0.556. The number of rotatable bonds is 6. The fourth-order valence-corrected chi connectivity index (χ4v) is 4.40.